The van der Waals surface area contributed by atoms with Gasteiger partial charge < -0.3 is 26.8 Å². The van der Waals surface area contributed by atoms with Crippen LogP contribution in [-0.2, 0) is 19.2 Å². The molecule has 0 bridgehead atoms. The molecule has 5 unspecified atom stereocenters. The lowest BCUT2D eigenvalue weighted by molar-refractivity contribution is -0.144. The first-order valence-corrected chi connectivity index (χ1v) is 10.2. The second kappa shape index (κ2) is 12.4. The molecule has 0 aromatic heterocycles. The van der Waals surface area contributed by atoms with E-state index in [9.17, 15) is 24.3 Å². The minimum atomic E-state index is -1.13. The van der Waals surface area contributed by atoms with Gasteiger partial charge in [0.25, 0.3) is 0 Å². The summed E-state index contributed by atoms with van der Waals surface area (Å²) in [4.78, 5) is 49.0. The highest BCUT2D eigenvalue weighted by molar-refractivity contribution is 5.94. The quantitative estimate of drug-likeness (QED) is 0.316. The predicted octanol–water partition coefficient (Wildman–Crippen LogP) is 0.621. The van der Waals surface area contributed by atoms with Crippen LogP contribution in [0.2, 0.25) is 0 Å². The minimum absolute atomic E-state index is 0.118. The van der Waals surface area contributed by atoms with E-state index in [0.717, 1.165) is 0 Å². The van der Waals surface area contributed by atoms with Crippen molar-refractivity contribution in [3.05, 3.63) is 0 Å². The van der Waals surface area contributed by atoms with Crippen LogP contribution in [0.4, 0.5) is 0 Å². The molecular weight excluding hydrogens is 376 g/mol. The molecule has 0 saturated carbocycles. The van der Waals surface area contributed by atoms with E-state index < -0.39 is 47.9 Å². The molecule has 9 heteroatoms. The van der Waals surface area contributed by atoms with Gasteiger partial charge in [-0.2, -0.15) is 0 Å². The van der Waals surface area contributed by atoms with Crippen molar-refractivity contribution in [2.24, 2.45) is 23.5 Å². The first-order chi connectivity index (χ1) is 13.3. The van der Waals surface area contributed by atoms with Crippen LogP contribution < -0.4 is 21.7 Å². The number of carboxylic acids is 1. The van der Waals surface area contributed by atoms with E-state index in [-0.39, 0.29) is 17.8 Å². The van der Waals surface area contributed by atoms with Gasteiger partial charge in [-0.25, -0.2) is 4.79 Å². The molecule has 0 spiro atoms. The zero-order valence-corrected chi connectivity index (χ0v) is 18.6. The molecule has 0 aromatic rings. The summed E-state index contributed by atoms with van der Waals surface area (Å²) in [6.07, 6.45) is 0.974. The molecule has 0 aliphatic heterocycles. The van der Waals surface area contributed by atoms with Gasteiger partial charge in [0.1, 0.15) is 18.1 Å². The van der Waals surface area contributed by atoms with Gasteiger partial charge in [0.15, 0.2) is 0 Å². The molecule has 0 saturated heterocycles. The summed E-state index contributed by atoms with van der Waals surface area (Å²) in [5, 5.41) is 17.2. The number of carbonyl (C=O) groups excluding carboxylic acids is 3. The fourth-order valence-electron chi connectivity index (χ4n) is 2.72. The van der Waals surface area contributed by atoms with Crippen LogP contribution in [0.3, 0.4) is 0 Å². The lowest BCUT2D eigenvalue weighted by atomic mass is 9.95. The lowest BCUT2D eigenvalue weighted by Gasteiger charge is -2.29. The zero-order chi connectivity index (χ0) is 22.9. The van der Waals surface area contributed by atoms with Gasteiger partial charge in [-0.3, -0.25) is 14.4 Å². The molecule has 0 rings (SSSR count). The molecular formula is C20H38N4O5. The second-order valence-corrected chi connectivity index (χ2v) is 8.42. The lowest BCUT2D eigenvalue weighted by Crippen LogP contribution is -2.59. The molecule has 0 heterocycles. The average molecular weight is 415 g/mol. The Labute approximate surface area is 173 Å². The molecule has 6 N–H and O–H groups in total. The zero-order valence-electron chi connectivity index (χ0n) is 18.6. The van der Waals surface area contributed by atoms with Crippen LogP contribution in [0.5, 0.6) is 0 Å². The van der Waals surface area contributed by atoms with Gasteiger partial charge in [0.2, 0.25) is 17.7 Å². The van der Waals surface area contributed by atoms with Crippen LogP contribution in [0.25, 0.3) is 0 Å². The number of hydrogen-bond donors (Lipinski definition) is 5. The van der Waals surface area contributed by atoms with Crippen molar-refractivity contribution in [2.75, 3.05) is 0 Å². The summed E-state index contributed by atoms with van der Waals surface area (Å²) < 4.78 is 0. The summed E-state index contributed by atoms with van der Waals surface area (Å²) in [6, 6.07) is -3.59. The summed E-state index contributed by atoms with van der Waals surface area (Å²) >= 11 is 0. The normalized spacial score (nSPS) is 16.5. The first kappa shape index (κ1) is 26.8. The summed E-state index contributed by atoms with van der Waals surface area (Å²) in [5.41, 5.74) is 5.58. The molecule has 168 valence electrons. The number of hydrogen-bond acceptors (Lipinski definition) is 5. The van der Waals surface area contributed by atoms with E-state index in [2.05, 4.69) is 16.0 Å². The molecule has 29 heavy (non-hydrogen) atoms. The predicted molar refractivity (Wildman–Crippen MR) is 111 cm³/mol. The SMILES string of the molecule is CCC(C)C(NC(=O)C(CC(C)C)NC(=O)C(C)N)C(=O)NC(C(=O)O)C(C)C. The number of amides is 3. The Morgan fingerprint density at radius 1 is 0.828 bits per heavy atom. The highest BCUT2D eigenvalue weighted by Crippen LogP contribution is 2.12. The third kappa shape index (κ3) is 9.25. The van der Waals surface area contributed by atoms with E-state index in [1.807, 2.05) is 20.8 Å². The average Bonchev–Trinajstić information content (AvgIpc) is 2.61. The smallest absolute Gasteiger partial charge is 0.326 e. The third-order valence-electron chi connectivity index (χ3n) is 4.78. The fraction of sp³-hybridized carbons (Fsp3) is 0.800. The van der Waals surface area contributed by atoms with Gasteiger partial charge in [-0.1, -0.05) is 48.0 Å². The second-order valence-electron chi connectivity index (χ2n) is 8.42. The van der Waals surface area contributed by atoms with Crippen molar-refractivity contribution in [2.45, 2.75) is 85.5 Å². The first-order valence-electron chi connectivity index (χ1n) is 10.2. The van der Waals surface area contributed by atoms with Crippen LogP contribution in [0.15, 0.2) is 0 Å². The van der Waals surface area contributed by atoms with Gasteiger partial charge in [-0.15, -0.1) is 0 Å². The van der Waals surface area contributed by atoms with Crippen LogP contribution in [-0.4, -0.2) is 53.0 Å². The maximum Gasteiger partial charge on any atom is 0.326 e. The molecule has 0 aliphatic carbocycles. The van der Waals surface area contributed by atoms with Crippen molar-refractivity contribution in [1.29, 1.82) is 0 Å². The Hall–Kier alpha value is -2.16. The van der Waals surface area contributed by atoms with E-state index in [4.69, 9.17) is 5.73 Å². The van der Waals surface area contributed by atoms with Gasteiger partial charge in [0, 0.05) is 0 Å². The Morgan fingerprint density at radius 2 is 1.34 bits per heavy atom. The molecule has 0 fully saturated rings. The monoisotopic (exact) mass is 414 g/mol. The molecule has 3 amide bonds. The topological polar surface area (TPSA) is 151 Å². The van der Waals surface area contributed by atoms with Crippen molar-refractivity contribution in [3.8, 4) is 0 Å². The maximum absolute atomic E-state index is 12.9. The molecule has 0 radical (unpaired) electrons. The van der Waals surface area contributed by atoms with Crippen LogP contribution in [0, 0.1) is 17.8 Å². The number of carboxylic acid groups (broad SMARTS) is 1. The van der Waals surface area contributed by atoms with Crippen molar-refractivity contribution in [1.82, 2.24) is 16.0 Å². The summed E-state index contributed by atoms with van der Waals surface area (Å²) in [5.74, 6) is -3.08. The van der Waals surface area contributed by atoms with Crippen molar-refractivity contribution < 1.29 is 24.3 Å². The van der Waals surface area contributed by atoms with E-state index in [1.54, 1.807) is 20.8 Å². The Bertz CT molecular complexity index is 577. The molecule has 0 aromatic carbocycles. The van der Waals surface area contributed by atoms with Crippen LogP contribution >= 0.6 is 0 Å². The molecule has 0 aliphatic rings. The van der Waals surface area contributed by atoms with Gasteiger partial charge in [-0.05, 0) is 31.1 Å². The highest BCUT2D eigenvalue weighted by atomic mass is 16.4. The third-order valence-corrected chi connectivity index (χ3v) is 4.78. The summed E-state index contributed by atoms with van der Waals surface area (Å²) in [7, 11) is 0. The van der Waals surface area contributed by atoms with Crippen molar-refractivity contribution in [3.63, 3.8) is 0 Å². The number of carbonyl (C=O) groups is 4. The van der Waals surface area contributed by atoms with Gasteiger partial charge in [0.05, 0.1) is 6.04 Å². The van der Waals surface area contributed by atoms with E-state index >= 15 is 0 Å². The van der Waals surface area contributed by atoms with Crippen molar-refractivity contribution >= 4 is 23.7 Å². The Balaban J connectivity index is 5.49. The fourth-order valence-corrected chi connectivity index (χ4v) is 2.72. The van der Waals surface area contributed by atoms with E-state index in [1.165, 1.54) is 6.92 Å². The number of nitrogens with one attached hydrogen (secondary N) is 3. The number of aliphatic carboxylic acids is 1. The van der Waals surface area contributed by atoms with E-state index in [0.29, 0.717) is 12.8 Å². The number of nitrogens with two attached hydrogens (primary N) is 1. The summed E-state index contributed by atoms with van der Waals surface area (Å²) in [6.45, 7) is 12.4. The standard InChI is InChI=1S/C20H38N4O5/c1-8-12(6)16(19(27)23-15(11(4)5)20(28)29)24-18(26)14(9-10(2)3)22-17(25)13(7)21/h10-16H,8-9,21H2,1-7H3,(H,22,25)(H,23,27)(H,24,26)(H,28,29). The molecule has 9 nitrogen and oxygen atoms in total. The number of rotatable bonds is 12. The molecule has 5 atom stereocenters. The largest absolute Gasteiger partial charge is 0.480 e. The Kier molecular flexibility index (Phi) is 11.5. The highest BCUT2D eigenvalue weighted by Gasteiger charge is 2.33. The maximum atomic E-state index is 12.9. The Morgan fingerprint density at radius 3 is 1.72 bits per heavy atom. The van der Waals surface area contributed by atoms with Gasteiger partial charge >= 0.3 is 5.97 Å². The minimum Gasteiger partial charge on any atom is -0.480 e. The van der Waals surface area contributed by atoms with Crippen LogP contribution in [0.1, 0.15) is 61.3 Å².